The topological polar surface area (TPSA) is 0 Å². The van der Waals surface area contributed by atoms with Crippen molar-refractivity contribution in [2.24, 2.45) is 0 Å². The van der Waals surface area contributed by atoms with Crippen LogP contribution in [0, 0.1) is 0 Å². The molecule has 0 N–H and O–H groups in total. The van der Waals surface area contributed by atoms with Crippen molar-refractivity contribution < 1.29 is 0 Å². The first-order valence-corrected chi connectivity index (χ1v) is 11.3. The standard InChI is InChI=1S/C17H13BrSe2/c1-19-15-6-2-4-12-5-3-7-16(17(12)15)20-14-10-8-13(18)9-11-14/h2-11H,1H3. The number of benzene rings is 3. The summed E-state index contributed by atoms with van der Waals surface area (Å²) in [7, 11) is 0. The van der Waals surface area contributed by atoms with E-state index in [1.54, 1.807) is 0 Å². The molecule has 100 valence electrons. The van der Waals surface area contributed by atoms with E-state index in [1.165, 1.54) is 24.2 Å². The van der Waals surface area contributed by atoms with Crippen LogP contribution in [0.25, 0.3) is 10.8 Å². The Morgan fingerprint density at radius 1 is 0.800 bits per heavy atom. The summed E-state index contributed by atoms with van der Waals surface area (Å²) in [6.07, 6.45) is 0. The number of halogens is 1. The van der Waals surface area contributed by atoms with E-state index < -0.39 is 0 Å². The maximum absolute atomic E-state index is 3.50. The van der Waals surface area contributed by atoms with Crippen molar-refractivity contribution >= 4 is 70.0 Å². The van der Waals surface area contributed by atoms with Crippen LogP contribution < -0.4 is 13.4 Å². The van der Waals surface area contributed by atoms with Crippen LogP contribution in [0.1, 0.15) is 0 Å². The summed E-state index contributed by atoms with van der Waals surface area (Å²) >= 11 is 4.40. The van der Waals surface area contributed by atoms with Gasteiger partial charge < -0.3 is 0 Å². The van der Waals surface area contributed by atoms with E-state index in [1.807, 2.05) is 0 Å². The van der Waals surface area contributed by atoms with Crippen molar-refractivity contribution in [3.63, 3.8) is 0 Å². The molecular weight excluding hydrogens is 442 g/mol. The van der Waals surface area contributed by atoms with Gasteiger partial charge in [0.25, 0.3) is 0 Å². The first kappa shape index (κ1) is 14.4. The molecule has 3 aromatic rings. The summed E-state index contributed by atoms with van der Waals surface area (Å²) in [6.45, 7) is 0. The quantitative estimate of drug-likeness (QED) is 0.534. The van der Waals surface area contributed by atoms with Gasteiger partial charge in [0, 0.05) is 0 Å². The van der Waals surface area contributed by atoms with Gasteiger partial charge >= 0.3 is 141 Å². The zero-order chi connectivity index (χ0) is 13.9. The van der Waals surface area contributed by atoms with Gasteiger partial charge in [0.1, 0.15) is 0 Å². The van der Waals surface area contributed by atoms with Crippen LogP contribution in [0.3, 0.4) is 0 Å². The fourth-order valence-electron chi connectivity index (χ4n) is 2.16. The average molecular weight is 455 g/mol. The second-order valence-corrected chi connectivity index (χ2v) is 9.41. The summed E-state index contributed by atoms with van der Waals surface area (Å²) in [6, 6.07) is 22.1. The fourth-order valence-corrected chi connectivity index (χ4v) is 6.21. The molecule has 0 fully saturated rings. The van der Waals surface area contributed by atoms with Crippen LogP contribution in [-0.2, 0) is 0 Å². The van der Waals surface area contributed by atoms with Gasteiger partial charge in [-0.1, -0.05) is 0 Å². The van der Waals surface area contributed by atoms with E-state index >= 15 is 0 Å². The van der Waals surface area contributed by atoms with Gasteiger partial charge in [-0.15, -0.1) is 0 Å². The van der Waals surface area contributed by atoms with Gasteiger partial charge in [-0.25, -0.2) is 0 Å². The molecule has 0 saturated carbocycles. The van der Waals surface area contributed by atoms with Crippen molar-refractivity contribution in [3.05, 3.63) is 65.1 Å². The molecule has 0 radical (unpaired) electrons. The molecule has 20 heavy (non-hydrogen) atoms. The molecule has 0 bridgehead atoms. The Morgan fingerprint density at radius 2 is 1.45 bits per heavy atom. The van der Waals surface area contributed by atoms with Gasteiger partial charge in [-0.3, -0.25) is 0 Å². The molecule has 0 aliphatic carbocycles. The average Bonchev–Trinajstić information content (AvgIpc) is 2.49. The van der Waals surface area contributed by atoms with E-state index in [0.717, 1.165) is 4.47 Å². The molecule has 0 amide bonds. The van der Waals surface area contributed by atoms with Crippen molar-refractivity contribution in [2.45, 2.75) is 5.82 Å². The number of fused-ring (bicyclic) bond motifs is 1. The monoisotopic (exact) mass is 456 g/mol. The predicted molar refractivity (Wildman–Crippen MR) is 94.4 cm³/mol. The Bertz CT molecular complexity index is 730. The second kappa shape index (κ2) is 6.47. The predicted octanol–water partition coefficient (Wildman–Crippen LogP) is 2.63. The van der Waals surface area contributed by atoms with Gasteiger partial charge in [-0.05, 0) is 0 Å². The van der Waals surface area contributed by atoms with E-state index in [2.05, 4.69) is 82.4 Å². The van der Waals surface area contributed by atoms with Gasteiger partial charge in [0.05, 0.1) is 0 Å². The zero-order valence-electron chi connectivity index (χ0n) is 11.0. The van der Waals surface area contributed by atoms with E-state index in [9.17, 15) is 0 Å². The molecule has 0 aliphatic heterocycles. The minimum absolute atomic E-state index is 0.363. The van der Waals surface area contributed by atoms with E-state index in [-0.39, 0.29) is 0 Å². The second-order valence-electron chi connectivity index (χ2n) is 4.37. The summed E-state index contributed by atoms with van der Waals surface area (Å²) in [5, 5.41) is 2.86. The van der Waals surface area contributed by atoms with Crippen LogP contribution in [0.5, 0.6) is 0 Å². The summed E-state index contributed by atoms with van der Waals surface area (Å²) in [5.41, 5.74) is 0. The van der Waals surface area contributed by atoms with Crippen LogP contribution >= 0.6 is 15.9 Å². The van der Waals surface area contributed by atoms with Crippen LogP contribution in [0.15, 0.2) is 65.1 Å². The third kappa shape index (κ3) is 3.03. The van der Waals surface area contributed by atoms with Crippen LogP contribution in [0.4, 0.5) is 0 Å². The van der Waals surface area contributed by atoms with Crippen LogP contribution in [-0.4, -0.2) is 29.9 Å². The fraction of sp³-hybridized carbons (Fsp3) is 0.0588. The third-order valence-electron chi connectivity index (χ3n) is 3.09. The first-order valence-electron chi connectivity index (χ1n) is 6.27. The Hall–Kier alpha value is -0.561. The van der Waals surface area contributed by atoms with E-state index in [4.69, 9.17) is 0 Å². The molecular formula is C17H13BrSe2. The molecule has 0 aromatic heterocycles. The van der Waals surface area contributed by atoms with E-state index in [0.29, 0.717) is 29.9 Å². The molecule has 0 unspecified atom stereocenters. The molecule has 3 heteroatoms. The normalized spacial score (nSPS) is 10.9. The molecule has 3 rings (SSSR count). The molecule has 0 aliphatic rings. The van der Waals surface area contributed by atoms with Crippen molar-refractivity contribution in [3.8, 4) is 0 Å². The first-order chi connectivity index (χ1) is 9.78. The Labute approximate surface area is 140 Å². The molecule has 0 nitrogen and oxygen atoms in total. The van der Waals surface area contributed by atoms with Gasteiger partial charge in [0.15, 0.2) is 0 Å². The number of hydrogen-bond donors (Lipinski definition) is 0. The number of rotatable bonds is 3. The number of hydrogen-bond acceptors (Lipinski definition) is 0. The minimum atomic E-state index is 0.363. The van der Waals surface area contributed by atoms with Crippen molar-refractivity contribution in [1.29, 1.82) is 0 Å². The molecule has 0 saturated heterocycles. The SMILES string of the molecule is C[Se]c1cccc2cccc([Se]c3ccc(Br)cc3)c12. The van der Waals surface area contributed by atoms with Crippen LogP contribution in [0.2, 0.25) is 5.82 Å². The van der Waals surface area contributed by atoms with Gasteiger partial charge in [-0.2, -0.15) is 0 Å². The molecule has 0 atom stereocenters. The molecule has 3 aromatic carbocycles. The van der Waals surface area contributed by atoms with Gasteiger partial charge in [0.2, 0.25) is 0 Å². The summed E-state index contributed by atoms with van der Waals surface area (Å²) in [5.74, 6) is 2.30. The summed E-state index contributed by atoms with van der Waals surface area (Å²) < 4.78 is 5.58. The Balaban J connectivity index is 2.09. The zero-order valence-corrected chi connectivity index (χ0v) is 16.0. The molecule has 0 heterocycles. The van der Waals surface area contributed by atoms with Crippen molar-refractivity contribution in [2.75, 3.05) is 0 Å². The maximum atomic E-state index is 3.50. The Morgan fingerprint density at radius 3 is 2.10 bits per heavy atom. The molecule has 0 spiro atoms. The Kier molecular flexibility index (Phi) is 4.65. The van der Waals surface area contributed by atoms with Crippen molar-refractivity contribution in [1.82, 2.24) is 0 Å². The summed E-state index contributed by atoms with van der Waals surface area (Å²) in [4.78, 5) is 0. The third-order valence-corrected chi connectivity index (χ3v) is 7.50.